The van der Waals surface area contributed by atoms with Gasteiger partial charge >= 0.3 is 0 Å². The highest BCUT2D eigenvalue weighted by Gasteiger charge is 2.26. The van der Waals surface area contributed by atoms with Gasteiger partial charge in [0.05, 0.1) is 17.6 Å². The molecule has 3 heterocycles. The van der Waals surface area contributed by atoms with E-state index in [1.807, 2.05) is 11.0 Å². The second-order valence-corrected chi connectivity index (χ2v) is 5.95. The van der Waals surface area contributed by atoms with E-state index in [9.17, 15) is 4.79 Å². The van der Waals surface area contributed by atoms with Crippen molar-refractivity contribution in [2.45, 2.75) is 18.9 Å². The van der Waals surface area contributed by atoms with Crippen molar-refractivity contribution >= 4 is 16.9 Å². The molecular formula is C18H17N5O2. The average molecular weight is 335 g/mol. The van der Waals surface area contributed by atoms with Crippen molar-refractivity contribution < 1.29 is 9.53 Å². The van der Waals surface area contributed by atoms with Crippen LogP contribution in [0.15, 0.2) is 48.9 Å². The van der Waals surface area contributed by atoms with Crippen LogP contribution in [0.5, 0.6) is 5.88 Å². The molecule has 25 heavy (non-hydrogen) atoms. The van der Waals surface area contributed by atoms with Crippen LogP contribution in [-0.2, 0) is 0 Å². The number of carbonyl (C=O) groups is 1. The summed E-state index contributed by atoms with van der Waals surface area (Å²) in [4.78, 5) is 23.2. The van der Waals surface area contributed by atoms with E-state index in [0.717, 1.165) is 30.4 Å². The monoisotopic (exact) mass is 335 g/mol. The molecule has 126 valence electrons. The van der Waals surface area contributed by atoms with Crippen molar-refractivity contribution in [3.05, 3.63) is 54.5 Å². The summed E-state index contributed by atoms with van der Waals surface area (Å²) in [6.45, 7) is 1.26. The lowest BCUT2D eigenvalue weighted by molar-refractivity contribution is 0.0525. The smallest absolute Gasteiger partial charge is 0.254 e. The minimum absolute atomic E-state index is 0.0139. The molecule has 0 radical (unpaired) electrons. The predicted molar refractivity (Wildman–Crippen MR) is 91.1 cm³/mol. The highest BCUT2D eigenvalue weighted by atomic mass is 16.5. The molecule has 1 atom stereocenters. The highest BCUT2D eigenvalue weighted by Crippen LogP contribution is 2.19. The number of hydrogen-bond donors (Lipinski definition) is 0. The van der Waals surface area contributed by atoms with E-state index in [1.165, 1.54) is 0 Å². The molecular weight excluding hydrogens is 318 g/mol. The summed E-state index contributed by atoms with van der Waals surface area (Å²) in [7, 11) is 0. The van der Waals surface area contributed by atoms with Crippen molar-refractivity contribution in [2.24, 2.45) is 0 Å². The molecule has 1 aromatic carbocycles. The topological polar surface area (TPSA) is 81.1 Å². The Morgan fingerprint density at radius 3 is 2.84 bits per heavy atom. The van der Waals surface area contributed by atoms with Crippen molar-refractivity contribution in [1.82, 2.24) is 25.1 Å². The molecule has 1 fully saturated rings. The Morgan fingerprint density at radius 2 is 2.00 bits per heavy atom. The van der Waals surface area contributed by atoms with Crippen LogP contribution in [0.4, 0.5) is 0 Å². The Labute approximate surface area is 144 Å². The fourth-order valence-electron chi connectivity index (χ4n) is 3.02. The zero-order chi connectivity index (χ0) is 17.1. The van der Waals surface area contributed by atoms with Crippen molar-refractivity contribution in [3.63, 3.8) is 0 Å². The van der Waals surface area contributed by atoms with E-state index in [-0.39, 0.29) is 12.0 Å². The zero-order valence-electron chi connectivity index (χ0n) is 13.6. The largest absolute Gasteiger partial charge is 0.471 e. The van der Waals surface area contributed by atoms with Gasteiger partial charge in [0.15, 0.2) is 0 Å². The van der Waals surface area contributed by atoms with Gasteiger partial charge in [-0.2, -0.15) is 5.10 Å². The quantitative estimate of drug-likeness (QED) is 0.729. The molecule has 1 amide bonds. The van der Waals surface area contributed by atoms with Gasteiger partial charge in [-0.15, -0.1) is 5.10 Å². The predicted octanol–water partition coefficient (Wildman–Crippen LogP) is 2.10. The summed E-state index contributed by atoms with van der Waals surface area (Å²) in [5.41, 5.74) is 2.12. The van der Waals surface area contributed by atoms with Crippen molar-refractivity contribution in [1.29, 1.82) is 0 Å². The SMILES string of the molecule is O=C(c1ccc2nccnc2c1)N1CCCC(Oc2cccnn2)C1. The fraction of sp³-hybridized carbons (Fsp3) is 0.278. The molecule has 2 aromatic heterocycles. The Balaban J connectivity index is 1.49. The lowest BCUT2D eigenvalue weighted by Gasteiger charge is -2.32. The number of hydrogen-bond acceptors (Lipinski definition) is 6. The van der Waals surface area contributed by atoms with Gasteiger partial charge in [0, 0.05) is 36.8 Å². The van der Waals surface area contributed by atoms with Gasteiger partial charge in [0.25, 0.3) is 5.91 Å². The number of nitrogens with zero attached hydrogens (tertiary/aromatic N) is 5. The Morgan fingerprint density at radius 1 is 1.12 bits per heavy atom. The van der Waals surface area contributed by atoms with Crippen LogP contribution in [0.1, 0.15) is 23.2 Å². The third-order valence-corrected chi connectivity index (χ3v) is 4.22. The molecule has 7 nitrogen and oxygen atoms in total. The number of ether oxygens (including phenoxy) is 1. The van der Waals surface area contributed by atoms with Crippen LogP contribution < -0.4 is 4.74 Å². The molecule has 0 bridgehead atoms. The first-order chi connectivity index (χ1) is 12.3. The van der Waals surface area contributed by atoms with Crippen LogP contribution in [0.25, 0.3) is 11.0 Å². The molecule has 7 heteroatoms. The summed E-state index contributed by atoms with van der Waals surface area (Å²) in [6, 6.07) is 8.97. The van der Waals surface area contributed by atoms with Crippen molar-refractivity contribution in [3.8, 4) is 5.88 Å². The lowest BCUT2D eigenvalue weighted by atomic mass is 10.1. The molecule has 0 saturated carbocycles. The summed E-state index contributed by atoms with van der Waals surface area (Å²) in [6.07, 6.45) is 6.58. The molecule has 1 aliphatic rings. The van der Waals surface area contributed by atoms with Gasteiger partial charge in [-0.25, -0.2) is 0 Å². The highest BCUT2D eigenvalue weighted by molar-refractivity contribution is 5.97. The molecule has 0 aliphatic carbocycles. The fourth-order valence-corrected chi connectivity index (χ4v) is 3.02. The minimum Gasteiger partial charge on any atom is -0.471 e. The van der Waals surface area contributed by atoms with Gasteiger partial charge in [-0.3, -0.25) is 14.8 Å². The van der Waals surface area contributed by atoms with Gasteiger partial charge in [-0.05, 0) is 37.1 Å². The third kappa shape index (κ3) is 3.40. The molecule has 3 aromatic rings. The number of amides is 1. The number of likely N-dealkylation sites (tertiary alicyclic amines) is 1. The lowest BCUT2D eigenvalue weighted by Crippen LogP contribution is -2.44. The first-order valence-corrected chi connectivity index (χ1v) is 8.24. The zero-order valence-corrected chi connectivity index (χ0v) is 13.6. The van der Waals surface area contributed by atoms with Crippen LogP contribution in [0.2, 0.25) is 0 Å². The summed E-state index contributed by atoms with van der Waals surface area (Å²) < 4.78 is 5.85. The number of rotatable bonds is 3. The van der Waals surface area contributed by atoms with Crippen molar-refractivity contribution in [2.75, 3.05) is 13.1 Å². The number of fused-ring (bicyclic) bond motifs is 1. The first-order valence-electron chi connectivity index (χ1n) is 8.24. The molecule has 1 saturated heterocycles. The number of aromatic nitrogens is 4. The molecule has 1 unspecified atom stereocenters. The summed E-state index contributed by atoms with van der Waals surface area (Å²) in [5, 5.41) is 7.76. The maximum Gasteiger partial charge on any atom is 0.254 e. The van der Waals surface area contributed by atoms with Crippen LogP contribution in [0, 0.1) is 0 Å². The maximum atomic E-state index is 12.8. The van der Waals surface area contributed by atoms with Crippen LogP contribution in [-0.4, -0.2) is 50.2 Å². The Bertz CT molecular complexity index is 887. The Kier molecular flexibility index (Phi) is 4.20. The Hall–Kier alpha value is -3.09. The minimum atomic E-state index is -0.0744. The van der Waals surface area contributed by atoms with Gasteiger partial charge in [0.2, 0.25) is 5.88 Å². The third-order valence-electron chi connectivity index (χ3n) is 4.22. The van der Waals surface area contributed by atoms with E-state index in [2.05, 4.69) is 20.2 Å². The standard InChI is InChI=1S/C18H17N5O2/c24-18(13-5-6-15-16(11-13)20-9-8-19-15)23-10-2-3-14(12-23)25-17-4-1-7-21-22-17/h1,4-9,11,14H,2-3,10,12H2. The van der Waals surface area contributed by atoms with E-state index < -0.39 is 0 Å². The molecule has 0 N–H and O–H groups in total. The summed E-state index contributed by atoms with van der Waals surface area (Å²) >= 11 is 0. The number of benzene rings is 1. The van der Waals surface area contributed by atoms with Crippen LogP contribution in [0.3, 0.4) is 0 Å². The van der Waals surface area contributed by atoms with E-state index >= 15 is 0 Å². The number of piperidine rings is 1. The van der Waals surface area contributed by atoms with Gasteiger partial charge in [-0.1, -0.05) is 0 Å². The van der Waals surface area contributed by atoms with E-state index in [4.69, 9.17) is 4.74 Å². The second kappa shape index (κ2) is 6.80. The average Bonchev–Trinajstić information content (AvgIpc) is 2.68. The van der Waals surface area contributed by atoms with Gasteiger partial charge < -0.3 is 9.64 Å². The summed E-state index contributed by atoms with van der Waals surface area (Å²) in [5.74, 6) is 0.475. The van der Waals surface area contributed by atoms with Gasteiger partial charge in [0.1, 0.15) is 6.10 Å². The first kappa shape index (κ1) is 15.4. The number of carbonyl (C=O) groups excluding carboxylic acids is 1. The normalized spacial score (nSPS) is 17.4. The van der Waals surface area contributed by atoms with Crippen LogP contribution >= 0.6 is 0 Å². The van der Waals surface area contributed by atoms with E-state index in [0.29, 0.717) is 18.0 Å². The molecule has 0 spiro atoms. The molecule has 4 rings (SSSR count). The second-order valence-electron chi connectivity index (χ2n) is 5.95. The maximum absolute atomic E-state index is 12.8. The molecule has 1 aliphatic heterocycles. The van der Waals surface area contributed by atoms with E-state index in [1.54, 1.807) is 42.9 Å².